The Kier molecular flexibility index (Phi) is 9.40. The second kappa shape index (κ2) is 12.7. The van der Waals surface area contributed by atoms with Crippen LogP contribution in [0.15, 0.2) is 78.9 Å². The minimum absolute atomic E-state index is 0.0825. The molecule has 1 atom stereocenters. The predicted molar refractivity (Wildman–Crippen MR) is 139 cm³/mol. The summed E-state index contributed by atoms with van der Waals surface area (Å²) in [5.41, 5.74) is 8.52. The molecule has 0 spiro atoms. The molecule has 0 aliphatic heterocycles. The average molecular weight is 475 g/mol. The first kappa shape index (κ1) is 25.9. The Morgan fingerprint density at radius 2 is 1.60 bits per heavy atom. The van der Waals surface area contributed by atoms with Gasteiger partial charge in [0.2, 0.25) is 11.8 Å². The van der Waals surface area contributed by atoms with Crippen LogP contribution in [-0.2, 0) is 16.1 Å². The van der Waals surface area contributed by atoms with E-state index in [0.29, 0.717) is 12.3 Å². The largest absolute Gasteiger partial charge is 0.457 e. The molecule has 0 saturated carbocycles. The van der Waals surface area contributed by atoms with E-state index in [1.54, 1.807) is 0 Å². The normalized spacial score (nSPS) is 11.9. The number of anilines is 1. The van der Waals surface area contributed by atoms with Crippen LogP contribution in [0, 0.1) is 0 Å². The summed E-state index contributed by atoms with van der Waals surface area (Å²) in [6.07, 6.45) is 0.872. The Hall–Kier alpha value is -3.68. The molecule has 35 heavy (non-hydrogen) atoms. The lowest BCUT2D eigenvalue weighted by Crippen LogP contribution is -2.36. The highest BCUT2D eigenvalue weighted by Crippen LogP contribution is 2.25. The second-order valence-electron chi connectivity index (χ2n) is 8.74. The number of para-hydroxylation sites is 1. The number of hydrogen-bond acceptors (Lipinski definition) is 5. The van der Waals surface area contributed by atoms with E-state index in [0.717, 1.165) is 42.1 Å². The quantitative estimate of drug-likeness (QED) is 0.406. The van der Waals surface area contributed by atoms with Crippen molar-refractivity contribution in [2.24, 2.45) is 5.73 Å². The number of benzene rings is 3. The number of carbonyl (C=O) groups excluding carboxylic acids is 2. The molecule has 7 heteroatoms. The number of ether oxygens (including phenoxy) is 1. The number of amides is 2. The van der Waals surface area contributed by atoms with E-state index < -0.39 is 6.04 Å². The summed E-state index contributed by atoms with van der Waals surface area (Å²) in [6, 6.07) is 24.4. The van der Waals surface area contributed by atoms with Crippen LogP contribution in [0.2, 0.25) is 0 Å². The molecule has 3 aromatic rings. The fraction of sp³-hybridized carbons (Fsp3) is 0.286. The third-order valence-electron chi connectivity index (χ3n) is 5.64. The van der Waals surface area contributed by atoms with Gasteiger partial charge in [-0.25, -0.2) is 0 Å². The molecule has 0 saturated heterocycles. The predicted octanol–water partition coefficient (Wildman–Crippen LogP) is 4.42. The van der Waals surface area contributed by atoms with Gasteiger partial charge in [-0.15, -0.1) is 0 Å². The topological polar surface area (TPSA) is 87.9 Å². The fourth-order valence-corrected chi connectivity index (χ4v) is 4.04. The molecular formula is C28H34N4O3. The number of likely N-dealkylation sites (N-methyl/N-ethyl adjacent to an activating group) is 1. The Morgan fingerprint density at radius 3 is 2.26 bits per heavy atom. The van der Waals surface area contributed by atoms with Crippen molar-refractivity contribution >= 4 is 17.5 Å². The first-order valence-electron chi connectivity index (χ1n) is 11.7. The number of nitrogens with zero attached hydrogens (tertiary/aromatic N) is 2. The molecule has 0 bridgehead atoms. The highest BCUT2D eigenvalue weighted by Gasteiger charge is 2.22. The molecule has 3 rings (SSSR count). The minimum atomic E-state index is -0.514. The van der Waals surface area contributed by atoms with Crippen LogP contribution in [0.3, 0.4) is 0 Å². The van der Waals surface area contributed by atoms with Gasteiger partial charge in [0.1, 0.15) is 17.5 Å². The summed E-state index contributed by atoms with van der Waals surface area (Å²) >= 11 is 0. The van der Waals surface area contributed by atoms with Crippen LogP contribution in [0.1, 0.15) is 30.5 Å². The molecule has 3 aromatic carbocycles. The first-order valence-corrected chi connectivity index (χ1v) is 11.7. The summed E-state index contributed by atoms with van der Waals surface area (Å²) in [6.45, 7) is 3.83. The molecule has 0 heterocycles. The van der Waals surface area contributed by atoms with Gasteiger partial charge in [-0.1, -0.05) is 42.5 Å². The zero-order valence-electron chi connectivity index (χ0n) is 20.6. The molecule has 0 aromatic heterocycles. The molecule has 2 amide bonds. The van der Waals surface area contributed by atoms with E-state index in [-0.39, 0.29) is 11.8 Å². The van der Waals surface area contributed by atoms with Gasteiger partial charge in [-0.2, -0.15) is 0 Å². The monoisotopic (exact) mass is 474 g/mol. The standard InChI is InChI=1S/C28H34N4O3/c1-21(33)30-24-10-7-9-22(19-24)20-31(2)17-8-18-32(3)27(28(29)34)23-13-15-26(16-14-23)35-25-11-5-4-6-12-25/h4-7,9-16,19,27H,8,17-18,20H2,1-3H3,(H2,29,34)(H,30,33). The number of nitrogens with two attached hydrogens (primary N) is 1. The molecule has 0 aliphatic carbocycles. The van der Waals surface area contributed by atoms with E-state index in [4.69, 9.17) is 10.5 Å². The molecule has 1 unspecified atom stereocenters. The molecule has 184 valence electrons. The highest BCUT2D eigenvalue weighted by molar-refractivity contribution is 5.88. The molecule has 0 radical (unpaired) electrons. The van der Waals surface area contributed by atoms with E-state index in [1.807, 2.05) is 90.8 Å². The summed E-state index contributed by atoms with van der Waals surface area (Å²) in [7, 11) is 3.98. The third-order valence-corrected chi connectivity index (χ3v) is 5.64. The van der Waals surface area contributed by atoms with Crippen molar-refractivity contribution < 1.29 is 14.3 Å². The lowest BCUT2D eigenvalue weighted by atomic mass is 10.0. The number of rotatable bonds is 12. The number of nitrogens with one attached hydrogen (secondary N) is 1. The minimum Gasteiger partial charge on any atom is -0.457 e. The van der Waals surface area contributed by atoms with Gasteiger partial charge in [0.05, 0.1) is 0 Å². The van der Waals surface area contributed by atoms with Crippen molar-refractivity contribution in [3.63, 3.8) is 0 Å². The molecule has 7 nitrogen and oxygen atoms in total. The number of hydrogen-bond donors (Lipinski definition) is 2. The highest BCUT2D eigenvalue weighted by atomic mass is 16.5. The Bertz CT molecular complexity index is 1100. The first-order chi connectivity index (χ1) is 16.8. The van der Waals surface area contributed by atoms with Crippen LogP contribution in [0.25, 0.3) is 0 Å². The zero-order valence-corrected chi connectivity index (χ0v) is 20.6. The van der Waals surface area contributed by atoms with Gasteiger partial charge in [-0.3, -0.25) is 14.5 Å². The summed E-state index contributed by atoms with van der Waals surface area (Å²) in [5.74, 6) is 0.998. The summed E-state index contributed by atoms with van der Waals surface area (Å²) in [5, 5.41) is 2.81. The molecule has 0 fully saturated rings. The number of primary amides is 1. The zero-order chi connectivity index (χ0) is 25.2. The van der Waals surface area contributed by atoms with Crippen LogP contribution >= 0.6 is 0 Å². The van der Waals surface area contributed by atoms with Crippen molar-refractivity contribution in [2.45, 2.75) is 25.9 Å². The Morgan fingerprint density at radius 1 is 0.914 bits per heavy atom. The maximum absolute atomic E-state index is 12.3. The Balaban J connectivity index is 1.52. The van der Waals surface area contributed by atoms with Crippen molar-refractivity contribution in [1.82, 2.24) is 9.80 Å². The van der Waals surface area contributed by atoms with E-state index in [1.165, 1.54) is 6.92 Å². The SMILES string of the molecule is CC(=O)Nc1cccc(CN(C)CCCN(C)C(C(N)=O)c2ccc(Oc3ccccc3)cc2)c1. The van der Waals surface area contributed by atoms with Gasteiger partial charge in [0, 0.05) is 25.7 Å². The van der Waals surface area contributed by atoms with Gasteiger partial charge < -0.3 is 20.7 Å². The van der Waals surface area contributed by atoms with Crippen molar-refractivity contribution in [3.05, 3.63) is 90.0 Å². The van der Waals surface area contributed by atoms with Gasteiger partial charge in [0.25, 0.3) is 0 Å². The smallest absolute Gasteiger partial charge is 0.239 e. The van der Waals surface area contributed by atoms with Crippen LogP contribution in [0.4, 0.5) is 5.69 Å². The van der Waals surface area contributed by atoms with Gasteiger partial charge >= 0.3 is 0 Å². The van der Waals surface area contributed by atoms with Crippen molar-refractivity contribution in [1.29, 1.82) is 0 Å². The summed E-state index contributed by atoms with van der Waals surface area (Å²) in [4.78, 5) is 27.8. The second-order valence-corrected chi connectivity index (χ2v) is 8.74. The average Bonchev–Trinajstić information content (AvgIpc) is 2.80. The fourth-order valence-electron chi connectivity index (χ4n) is 4.04. The van der Waals surface area contributed by atoms with Crippen LogP contribution < -0.4 is 15.8 Å². The molecule has 3 N–H and O–H groups in total. The summed E-state index contributed by atoms with van der Waals surface area (Å²) < 4.78 is 5.84. The van der Waals surface area contributed by atoms with E-state index in [2.05, 4.69) is 17.3 Å². The maximum Gasteiger partial charge on any atom is 0.239 e. The third kappa shape index (κ3) is 8.24. The lowest BCUT2D eigenvalue weighted by Gasteiger charge is -2.27. The lowest BCUT2D eigenvalue weighted by molar-refractivity contribution is -0.123. The van der Waals surface area contributed by atoms with Crippen LogP contribution in [-0.4, -0.2) is 48.8 Å². The number of carbonyl (C=O) groups is 2. The molecule has 0 aliphatic rings. The van der Waals surface area contributed by atoms with Crippen LogP contribution in [0.5, 0.6) is 11.5 Å². The van der Waals surface area contributed by atoms with Gasteiger partial charge in [0.15, 0.2) is 0 Å². The maximum atomic E-state index is 12.3. The van der Waals surface area contributed by atoms with Gasteiger partial charge in [-0.05, 0) is 74.6 Å². The molecular weight excluding hydrogens is 440 g/mol. The Labute approximate surface area is 207 Å². The van der Waals surface area contributed by atoms with E-state index in [9.17, 15) is 9.59 Å². The van der Waals surface area contributed by atoms with E-state index >= 15 is 0 Å². The van der Waals surface area contributed by atoms with Crippen molar-refractivity contribution in [2.75, 3.05) is 32.5 Å². The van der Waals surface area contributed by atoms with Crippen molar-refractivity contribution in [3.8, 4) is 11.5 Å².